The molecule has 4 rings (SSSR count). The highest BCUT2D eigenvalue weighted by Gasteiger charge is 2.24. The van der Waals surface area contributed by atoms with Crippen LogP contribution in [0.3, 0.4) is 0 Å². The summed E-state index contributed by atoms with van der Waals surface area (Å²) in [7, 11) is 0. The molecule has 0 spiro atoms. The van der Waals surface area contributed by atoms with E-state index in [9.17, 15) is 4.79 Å². The van der Waals surface area contributed by atoms with Gasteiger partial charge in [-0.1, -0.05) is 66.3 Å². The van der Waals surface area contributed by atoms with E-state index in [1.54, 1.807) is 0 Å². The predicted molar refractivity (Wildman–Crippen MR) is 103 cm³/mol. The molecule has 0 saturated carbocycles. The molecule has 3 heteroatoms. The summed E-state index contributed by atoms with van der Waals surface area (Å²) in [5.74, 6) is 0. The Morgan fingerprint density at radius 2 is 1.40 bits per heavy atom. The van der Waals surface area contributed by atoms with Crippen molar-refractivity contribution in [3.05, 3.63) is 76.4 Å². The third-order valence-electron chi connectivity index (χ3n) is 5.22. The lowest BCUT2D eigenvalue weighted by Gasteiger charge is -2.32. The van der Waals surface area contributed by atoms with E-state index in [1.807, 2.05) is 0 Å². The third-order valence-corrected chi connectivity index (χ3v) is 5.22. The van der Waals surface area contributed by atoms with Crippen molar-refractivity contribution in [3.8, 4) is 0 Å². The highest BCUT2D eigenvalue weighted by atomic mass is 16.1. The second-order valence-corrected chi connectivity index (χ2v) is 6.65. The Morgan fingerprint density at radius 3 is 1.92 bits per heavy atom. The van der Waals surface area contributed by atoms with Gasteiger partial charge in [-0.3, -0.25) is 4.90 Å². The highest BCUT2D eigenvalue weighted by molar-refractivity contribution is 5.94. The molecule has 1 atom stereocenters. The molecule has 3 nitrogen and oxygen atoms in total. The van der Waals surface area contributed by atoms with Crippen LogP contribution < -0.4 is 5.73 Å². The van der Waals surface area contributed by atoms with Crippen LogP contribution in [-0.2, 0) is 4.79 Å². The van der Waals surface area contributed by atoms with Crippen molar-refractivity contribution < 1.29 is 4.79 Å². The molecular formula is C22H22N2O. The smallest absolute Gasteiger partial charge is 0.151 e. The zero-order valence-corrected chi connectivity index (χ0v) is 14.2. The van der Waals surface area contributed by atoms with E-state index in [1.165, 1.54) is 33.4 Å². The molecule has 1 aliphatic heterocycles. The van der Waals surface area contributed by atoms with Gasteiger partial charge in [-0.15, -0.1) is 0 Å². The standard InChI is InChI=1S/C22H22N2O/c23-21(15-25)24-13-11-18(12-14-24)22-19-7-3-1-5-16(19)9-10-17-6-2-4-8-20(17)22/h1-10,15,21H,11-14,23H2. The van der Waals surface area contributed by atoms with Crippen LogP contribution in [0.25, 0.3) is 17.7 Å². The maximum Gasteiger partial charge on any atom is 0.151 e. The van der Waals surface area contributed by atoms with Crippen LogP contribution in [0.1, 0.15) is 35.1 Å². The van der Waals surface area contributed by atoms with Crippen molar-refractivity contribution in [2.45, 2.75) is 19.0 Å². The van der Waals surface area contributed by atoms with Gasteiger partial charge in [-0.25, -0.2) is 0 Å². The largest absolute Gasteiger partial charge is 0.310 e. The molecule has 0 amide bonds. The fraction of sp³-hybridized carbons (Fsp3) is 0.227. The number of hydrogen-bond donors (Lipinski definition) is 1. The Morgan fingerprint density at radius 1 is 0.880 bits per heavy atom. The van der Waals surface area contributed by atoms with Gasteiger partial charge in [0.05, 0.1) is 0 Å². The zero-order chi connectivity index (χ0) is 17.2. The van der Waals surface area contributed by atoms with Crippen LogP contribution in [0.4, 0.5) is 0 Å². The first-order valence-corrected chi connectivity index (χ1v) is 8.82. The second kappa shape index (κ2) is 6.79. The number of benzene rings is 2. The molecule has 0 radical (unpaired) electrons. The number of likely N-dealkylation sites (tertiary alicyclic amines) is 1. The number of carbonyl (C=O) groups excluding carboxylic acids is 1. The first kappa shape index (κ1) is 16.0. The van der Waals surface area contributed by atoms with E-state index >= 15 is 0 Å². The highest BCUT2D eigenvalue weighted by Crippen LogP contribution is 2.38. The maximum absolute atomic E-state index is 11.0. The number of rotatable bonds is 2. The van der Waals surface area contributed by atoms with Crippen molar-refractivity contribution >= 4 is 24.0 Å². The lowest BCUT2D eigenvalue weighted by Crippen LogP contribution is -2.46. The Balaban J connectivity index is 1.81. The molecule has 1 heterocycles. The third kappa shape index (κ3) is 2.97. The molecule has 2 aromatic rings. The summed E-state index contributed by atoms with van der Waals surface area (Å²) in [4.78, 5) is 13.0. The maximum atomic E-state index is 11.0. The van der Waals surface area contributed by atoms with Crippen molar-refractivity contribution in [1.82, 2.24) is 4.90 Å². The van der Waals surface area contributed by atoms with E-state index in [4.69, 9.17) is 5.73 Å². The van der Waals surface area contributed by atoms with Gasteiger partial charge in [0, 0.05) is 13.1 Å². The number of aldehydes is 1. The van der Waals surface area contributed by atoms with Crippen LogP contribution in [0, 0.1) is 0 Å². The Hall–Kier alpha value is -2.49. The summed E-state index contributed by atoms with van der Waals surface area (Å²) >= 11 is 0. The van der Waals surface area contributed by atoms with Gasteiger partial charge >= 0.3 is 0 Å². The van der Waals surface area contributed by atoms with Crippen LogP contribution >= 0.6 is 0 Å². The number of nitrogens with two attached hydrogens (primary N) is 1. The molecule has 0 bridgehead atoms. The molecular weight excluding hydrogens is 308 g/mol. The molecule has 2 N–H and O–H groups in total. The second-order valence-electron chi connectivity index (χ2n) is 6.65. The number of nitrogens with zero attached hydrogens (tertiary/aromatic N) is 1. The van der Waals surface area contributed by atoms with Gasteiger partial charge in [-0.2, -0.15) is 0 Å². The van der Waals surface area contributed by atoms with Gasteiger partial charge < -0.3 is 10.5 Å². The fourth-order valence-electron chi connectivity index (χ4n) is 3.87. The fourth-order valence-corrected chi connectivity index (χ4v) is 3.87. The minimum absolute atomic E-state index is 0.484. The summed E-state index contributed by atoms with van der Waals surface area (Å²) in [5.41, 5.74) is 13.8. The number of piperidine rings is 1. The van der Waals surface area contributed by atoms with Gasteiger partial charge in [0.25, 0.3) is 0 Å². The molecule has 2 aromatic carbocycles. The minimum Gasteiger partial charge on any atom is -0.310 e. The molecule has 1 aliphatic carbocycles. The molecule has 2 aliphatic rings. The van der Waals surface area contributed by atoms with E-state index in [0.717, 1.165) is 32.2 Å². The first-order chi connectivity index (χ1) is 12.3. The number of fused-ring (bicyclic) bond motifs is 2. The molecule has 25 heavy (non-hydrogen) atoms. The predicted octanol–water partition coefficient (Wildman–Crippen LogP) is 3.55. The normalized spacial score (nSPS) is 18.3. The quantitative estimate of drug-likeness (QED) is 0.731. The summed E-state index contributed by atoms with van der Waals surface area (Å²) in [6, 6.07) is 17.2. The minimum atomic E-state index is -0.484. The molecule has 1 saturated heterocycles. The van der Waals surface area contributed by atoms with Crippen molar-refractivity contribution in [3.63, 3.8) is 0 Å². The van der Waals surface area contributed by atoms with E-state index in [0.29, 0.717) is 0 Å². The van der Waals surface area contributed by atoms with Crippen LogP contribution in [0.5, 0.6) is 0 Å². The Bertz CT molecular complexity index is 804. The lowest BCUT2D eigenvalue weighted by molar-refractivity contribution is -0.112. The van der Waals surface area contributed by atoms with Crippen molar-refractivity contribution in [2.24, 2.45) is 5.73 Å². The molecule has 0 aromatic heterocycles. The van der Waals surface area contributed by atoms with Gasteiger partial charge in [0.15, 0.2) is 6.29 Å². The van der Waals surface area contributed by atoms with Gasteiger partial charge in [-0.05, 0) is 40.7 Å². The molecule has 126 valence electrons. The number of carbonyl (C=O) groups is 1. The summed E-state index contributed by atoms with van der Waals surface area (Å²) < 4.78 is 0. The topological polar surface area (TPSA) is 46.3 Å². The Kier molecular flexibility index (Phi) is 4.35. The zero-order valence-electron chi connectivity index (χ0n) is 14.2. The summed E-state index contributed by atoms with van der Waals surface area (Å²) in [6.45, 7) is 1.66. The van der Waals surface area contributed by atoms with Crippen molar-refractivity contribution in [2.75, 3.05) is 13.1 Å². The van der Waals surface area contributed by atoms with E-state index in [-0.39, 0.29) is 0 Å². The first-order valence-electron chi connectivity index (χ1n) is 8.82. The number of hydrogen-bond acceptors (Lipinski definition) is 3. The van der Waals surface area contributed by atoms with Gasteiger partial charge in [0.2, 0.25) is 0 Å². The Labute approximate surface area is 148 Å². The van der Waals surface area contributed by atoms with Gasteiger partial charge in [0.1, 0.15) is 6.17 Å². The molecule has 1 fully saturated rings. The average molecular weight is 330 g/mol. The lowest BCUT2D eigenvalue weighted by atomic mass is 9.86. The molecule has 1 unspecified atom stereocenters. The van der Waals surface area contributed by atoms with Crippen LogP contribution in [-0.4, -0.2) is 30.4 Å². The van der Waals surface area contributed by atoms with E-state index < -0.39 is 6.17 Å². The average Bonchev–Trinajstić information content (AvgIpc) is 2.84. The SMILES string of the molecule is NC(C=O)N1CCC(=C2c3ccccc3C=Cc3ccccc32)CC1. The van der Waals surface area contributed by atoms with Crippen LogP contribution in [0.2, 0.25) is 0 Å². The summed E-state index contributed by atoms with van der Waals surface area (Å²) in [6.07, 6.45) is 6.65. The monoisotopic (exact) mass is 330 g/mol. The van der Waals surface area contributed by atoms with Crippen molar-refractivity contribution in [1.29, 1.82) is 0 Å². The summed E-state index contributed by atoms with van der Waals surface area (Å²) in [5, 5.41) is 0. The van der Waals surface area contributed by atoms with Crippen LogP contribution in [0.15, 0.2) is 54.1 Å². The van der Waals surface area contributed by atoms with E-state index in [2.05, 4.69) is 65.6 Å².